The highest BCUT2D eigenvalue weighted by atomic mass is 127. The SMILES string of the molecule is Ic1ccc(-c2c3ccc(N4c5ccccc5CCc5ccccc54)cc3c(-c3ccc4ccccc4c3)c3ccc(N4C5=C(CCC=C5)CCc5ccccc54)cc23)cc1. The van der Waals surface area contributed by atoms with Crippen molar-refractivity contribution < 1.29 is 0 Å². The Morgan fingerprint density at radius 2 is 0.918 bits per heavy atom. The molecule has 0 saturated carbocycles. The molecule has 0 amide bonds. The second-order valence-electron chi connectivity index (χ2n) is 16.8. The standard InChI is InChI=1S/C58H43IN2/c59-46-29-27-43(28-30-46)57-49-33-31-48(61-55-19-9-5-14-41(55)24-25-42-15-6-10-20-56(42)61)37-52(49)58(45-26-21-38-11-1-2-16-44(38)35-45)50-34-32-47(36-51(50)57)60-53-17-7-3-12-39(53)22-23-40-13-4-8-18-54(40)60/h1-3,5-12,14-21,26-37H,4,13,22-25H2. The minimum Gasteiger partial charge on any atom is -0.310 e. The highest BCUT2D eigenvalue weighted by Gasteiger charge is 2.27. The first kappa shape index (κ1) is 36.4. The van der Waals surface area contributed by atoms with Crippen LogP contribution in [-0.2, 0) is 19.3 Å². The summed E-state index contributed by atoms with van der Waals surface area (Å²) in [5.74, 6) is 0. The summed E-state index contributed by atoms with van der Waals surface area (Å²) in [5.41, 5.74) is 18.2. The number of nitrogens with zero attached hydrogens (tertiary/aromatic N) is 2. The monoisotopic (exact) mass is 894 g/mol. The molecule has 1 aliphatic carbocycles. The van der Waals surface area contributed by atoms with E-state index in [0.29, 0.717) is 0 Å². The lowest BCUT2D eigenvalue weighted by Gasteiger charge is -2.30. The summed E-state index contributed by atoms with van der Waals surface area (Å²) in [6, 6.07) is 66.5. The Labute approximate surface area is 371 Å². The second-order valence-corrected chi connectivity index (χ2v) is 18.0. The quantitative estimate of drug-likeness (QED) is 0.128. The Hall–Kier alpha value is -6.43. The van der Waals surface area contributed by atoms with Gasteiger partial charge >= 0.3 is 0 Å². The lowest BCUT2D eigenvalue weighted by atomic mass is 9.85. The van der Waals surface area contributed by atoms with E-state index >= 15 is 0 Å². The van der Waals surface area contributed by atoms with Gasteiger partial charge in [-0.05, 0) is 205 Å². The van der Waals surface area contributed by atoms with Crippen LogP contribution in [-0.4, -0.2) is 0 Å². The molecule has 2 heterocycles. The van der Waals surface area contributed by atoms with Crippen molar-refractivity contribution in [2.24, 2.45) is 0 Å². The number of hydrogen-bond donors (Lipinski definition) is 0. The number of allylic oxidation sites excluding steroid dienone is 3. The van der Waals surface area contributed by atoms with Crippen LogP contribution in [0.2, 0.25) is 0 Å². The summed E-state index contributed by atoms with van der Waals surface area (Å²) in [7, 11) is 0. The number of benzene rings is 9. The zero-order valence-corrected chi connectivity index (χ0v) is 36.1. The number of fused-ring (bicyclic) bond motifs is 6. The number of anilines is 5. The third-order valence-electron chi connectivity index (χ3n) is 13.3. The van der Waals surface area contributed by atoms with Crippen molar-refractivity contribution in [1.29, 1.82) is 0 Å². The molecule has 2 nitrogen and oxygen atoms in total. The van der Waals surface area contributed by atoms with E-state index in [9.17, 15) is 0 Å². The maximum atomic E-state index is 2.56. The molecular weight excluding hydrogens is 852 g/mol. The van der Waals surface area contributed by atoms with Gasteiger partial charge in [-0.25, -0.2) is 0 Å². The van der Waals surface area contributed by atoms with E-state index < -0.39 is 0 Å². The van der Waals surface area contributed by atoms with Crippen LogP contribution < -0.4 is 9.80 Å². The number of halogens is 1. The van der Waals surface area contributed by atoms with Crippen LogP contribution >= 0.6 is 22.6 Å². The minimum atomic E-state index is 1.01. The number of aryl methyl sites for hydroxylation is 3. The van der Waals surface area contributed by atoms with Gasteiger partial charge in [-0.15, -0.1) is 0 Å². The van der Waals surface area contributed by atoms with Crippen LogP contribution in [0.1, 0.15) is 36.0 Å². The van der Waals surface area contributed by atoms with Crippen LogP contribution in [0.15, 0.2) is 199 Å². The number of para-hydroxylation sites is 3. The Morgan fingerprint density at radius 3 is 1.57 bits per heavy atom. The van der Waals surface area contributed by atoms with E-state index in [1.807, 2.05) is 0 Å². The molecule has 0 aromatic heterocycles. The van der Waals surface area contributed by atoms with Crippen molar-refractivity contribution in [2.45, 2.75) is 38.5 Å². The van der Waals surface area contributed by atoms with Crippen LogP contribution in [0.25, 0.3) is 54.6 Å². The smallest absolute Gasteiger partial charge is 0.0493 e. The van der Waals surface area contributed by atoms with Crippen molar-refractivity contribution in [2.75, 3.05) is 9.80 Å². The van der Waals surface area contributed by atoms with Gasteiger partial charge in [0, 0.05) is 37.7 Å². The molecule has 0 spiro atoms. The van der Waals surface area contributed by atoms with E-state index in [4.69, 9.17) is 0 Å². The first-order chi connectivity index (χ1) is 30.2. The second kappa shape index (κ2) is 14.9. The molecule has 292 valence electrons. The van der Waals surface area contributed by atoms with Gasteiger partial charge in [0.15, 0.2) is 0 Å². The largest absolute Gasteiger partial charge is 0.310 e. The molecule has 0 saturated heterocycles. The lowest BCUT2D eigenvalue weighted by Crippen LogP contribution is -2.18. The van der Waals surface area contributed by atoms with E-state index in [2.05, 4.69) is 220 Å². The number of rotatable bonds is 4. The zero-order chi connectivity index (χ0) is 40.4. The molecule has 0 fully saturated rings. The van der Waals surface area contributed by atoms with E-state index in [1.54, 1.807) is 5.57 Å². The fraction of sp³-hybridized carbons (Fsp3) is 0.103. The van der Waals surface area contributed by atoms with E-state index in [0.717, 1.165) is 38.5 Å². The molecule has 12 rings (SSSR count). The maximum absolute atomic E-state index is 2.56. The first-order valence-electron chi connectivity index (χ1n) is 21.7. The Morgan fingerprint density at radius 1 is 0.393 bits per heavy atom. The highest BCUT2D eigenvalue weighted by Crippen LogP contribution is 2.50. The van der Waals surface area contributed by atoms with Crippen LogP contribution in [0.4, 0.5) is 28.4 Å². The summed E-state index contributed by atoms with van der Waals surface area (Å²) < 4.78 is 1.23. The normalized spacial score (nSPS) is 14.7. The number of hydrogen-bond acceptors (Lipinski definition) is 2. The van der Waals surface area contributed by atoms with E-state index in [1.165, 1.54) is 109 Å². The molecule has 0 bridgehead atoms. The van der Waals surface area contributed by atoms with Crippen molar-refractivity contribution in [3.63, 3.8) is 0 Å². The average molecular weight is 895 g/mol. The zero-order valence-electron chi connectivity index (χ0n) is 33.9. The molecule has 9 aromatic rings. The summed E-state index contributed by atoms with van der Waals surface area (Å²) in [4.78, 5) is 5.07. The van der Waals surface area contributed by atoms with Crippen molar-refractivity contribution >= 4 is 83.3 Å². The third-order valence-corrected chi connectivity index (χ3v) is 14.0. The van der Waals surface area contributed by atoms with Gasteiger partial charge in [0.25, 0.3) is 0 Å². The van der Waals surface area contributed by atoms with Crippen LogP contribution in [0, 0.1) is 3.57 Å². The molecule has 0 unspecified atom stereocenters. The molecule has 0 atom stereocenters. The van der Waals surface area contributed by atoms with Gasteiger partial charge in [-0.2, -0.15) is 0 Å². The maximum Gasteiger partial charge on any atom is 0.0493 e. The molecule has 3 heteroatoms. The van der Waals surface area contributed by atoms with Crippen molar-refractivity contribution in [1.82, 2.24) is 0 Å². The molecule has 2 aliphatic heterocycles. The summed E-state index contributed by atoms with van der Waals surface area (Å²) in [5, 5.41) is 7.52. The Bertz CT molecular complexity index is 3230. The lowest BCUT2D eigenvalue weighted by molar-refractivity contribution is 0.833. The van der Waals surface area contributed by atoms with Crippen molar-refractivity contribution in [3.8, 4) is 22.3 Å². The Kier molecular flexibility index (Phi) is 8.92. The molecule has 9 aromatic carbocycles. The van der Waals surface area contributed by atoms with Crippen molar-refractivity contribution in [3.05, 3.63) is 220 Å². The third kappa shape index (κ3) is 6.20. The predicted molar refractivity (Wildman–Crippen MR) is 267 cm³/mol. The van der Waals surface area contributed by atoms with Gasteiger partial charge in [0.1, 0.15) is 0 Å². The predicted octanol–water partition coefficient (Wildman–Crippen LogP) is 16.3. The summed E-state index contributed by atoms with van der Waals surface area (Å²) >= 11 is 2.44. The molecule has 61 heavy (non-hydrogen) atoms. The molecular formula is C58H43IN2. The first-order valence-corrected chi connectivity index (χ1v) is 22.8. The molecule has 0 radical (unpaired) electrons. The minimum absolute atomic E-state index is 1.01. The van der Waals surface area contributed by atoms with Crippen LogP contribution in [0.3, 0.4) is 0 Å². The summed E-state index contributed by atoms with van der Waals surface area (Å²) in [6.07, 6.45) is 11.1. The fourth-order valence-corrected chi connectivity index (χ4v) is 10.8. The van der Waals surface area contributed by atoms with Gasteiger partial charge in [-0.1, -0.05) is 121 Å². The molecule has 0 N–H and O–H groups in total. The van der Waals surface area contributed by atoms with Gasteiger partial charge in [-0.3, -0.25) is 0 Å². The average Bonchev–Trinajstić information content (AvgIpc) is 3.59. The summed E-state index contributed by atoms with van der Waals surface area (Å²) in [6.45, 7) is 0. The highest BCUT2D eigenvalue weighted by molar-refractivity contribution is 14.1. The van der Waals surface area contributed by atoms with Crippen LogP contribution in [0.5, 0.6) is 0 Å². The van der Waals surface area contributed by atoms with Gasteiger partial charge in [0.05, 0.1) is 0 Å². The fourth-order valence-electron chi connectivity index (χ4n) is 10.4. The molecule has 3 aliphatic rings. The topological polar surface area (TPSA) is 6.48 Å². The van der Waals surface area contributed by atoms with Gasteiger partial charge < -0.3 is 9.80 Å². The van der Waals surface area contributed by atoms with E-state index in [-0.39, 0.29) is 0 Å². The Balaban J connectivity index is 1.19. The van der Waals surface area contributed by atoms with Gasteiger partial charge in [0.2, 0.25) is 0 Å².